The lowest BCUT2D eigenvalue weighted by atomic mass is 9.67. The fraction of sp³-hybridized carbons (Fsp3) is 0.550. The highest BCUT2D eigenvalue weighted by atomic mass is 16.1. The van der Waals surface area contributed by atoms with Gasteiger partial charge in [0, 0.05) is 30.1 Å². The van der Waals surface area contributed by atoms with Gasteiger partial charge in [0.2, 0.25) is 0 Å². The maximum absolute atomic E-state index is 12.7. The fourth-order valence-electron chi connectivity index (χ4n) is 3.33. The first-order valence-corrected chi connectivity index (χ1v) is 8.44. The summed E-state index contributed by atoms with van der Waals surface area (Å²) in [6.07, 6.45) is 3.70. The predicted octanol–water partition coefficient (Wildman–Crippen LogP) is 5.31. The summed E-state index contributed by atoms with van der Waals surface area (Å²) >= 11 is 0. The van der Waals surface area contributed by atoms with Gasteiger partial charge in [-0.05, 0) is 35.8 Å². The van der Waals surface area contributed by atoms with Crippen molar-refractivity contribution in [2.45, 2.75) is 54.0 Å². The molecule has 0 bridgehead atoms. The van der Waals surface area contributed by atoms with Gasteiger partial charge < -0.3 is 4.57 Å². The molecule has 1 aromatic heterocycles. The molecule has 0 aliphatic carbocycles. The maximum Gasteiger partial charge on any atom is 0.139 e. The summed E-state index contributed by atoms with van der Waals surface area (Å²) in [5.41, 5.74) is 1.05. The van der Waals surface area contributed by atoms with Gasteiger partial charge >= 0.3 is 0 Å². The minimum Gasteiger partial charge on any atom is -0.347 e. The van der Waals surface area contributed by atoms with Crippen LogP contribution in [0.25, 0.3) is 10.9 Å². The molecule has 0 spiro atoms. The van der Waals surface area contributed by atoms with Crippen molar-refractivity contribution < 1.29 is 4.79 Å². The Labute approximate surface area is 134 Å². The van der Waals surface area contributed by atoms with Crippen molar-refractivity contribution in [3.05, 3.63) is 36.5 Å². The number of fused-ring (bicyclic) bond motifs is 1. The highest BCUT2D eigenvalue weighted by molar-refractivity contribution is 5.85. The number of aryl methyl sites for hydroxylation is 1. The molecule has 0 unspecified atom stereocenters. The monoisotopic (exact) mass is 299 g/mol. The van der Waals surface area contributed by atoms with Crippen LogP contribution in [0.3, 0.4) is 0 Å². The smallest absolute Gasteiger partial charge is 0.139 e. The van der Waals surface area contributed by atoms with Gasteiger partial charge in [0.25, 0.3) is 0 Å². The summed E-state index contributed by atoms with van der Waals surface area (Å²) in [6, 6.07) is 10.5. The largest absolute Gasteiger partial charge is 0.347 e. The highest BCUT2D eigenvalue weighted by Gasteiger charge is 2.38. The zero-order chi connectivity index (χ0) is 16.3. The lowest BCUT2D eigenvalue weighted by Gasteiger charge is -2.36. The molecule has 0 atom stereocenters. The van der Waals surface area contributed by atoms with Crippen LogP contribution in [-0.2, 0) is 11.3 Å². The second-order valence-electron chi connectivity index (χ2n) is 7.19. The zero-order valence-electron chi connectivity index (χ0n) is 14.6. The van der Waals surface area contributed by atoms with Crippen molar-refractivity contribution in [1.82, 2.24) is 4.57 Å². The molecule has 0 N–H and O–H groups in total. The summed E-state index contributed by atoms with van der Waals surface area (Å²) in [7, 11) is 0. The van der Waals surface area contributed by atoms with E-state index in [1.54, 1.807) is 0 Å². The van der Waals surface area contributed by atoms with Crippen LogP contribution in [0.15, 0.2) is 36.5 Å². The number of benzene rings is 1. The Morgan fingerprint density at radius 1 is 1.09 bits per heavy atom. The van der Waals surface area contributed by atoms with Gasteiger partial charge in [-0.25, -0.2) is 0 Å². The third kappa shape index (κ3) is 3.11. The lowest BCUT2D eigenvalue weighted by molar-refractivity contribution is -0.133. The van der Waals surface area contributed by atoms with E-state index in [0.717, 1.165) is 13.0 Å². The van der Waals surface area contributed by atoms with Crippen LogP contribution in [0.4, 0.5) is 0 Å². The number of carbonyl (C=O) groups excluding carboxylic acids is 1. The van der Waals surface area contributed by atoms with E-state index >= 15 is 0 Å². The van der Waals surface area contributed by atoms with E-state index in [1.807, 2.05) is 0 Å². The predicted molar refractivity (Wildman–Crippen MR) is 94.0 cm³/mol. The molecule has 0 saturated carbocycles. The van der Waals surface area contributed by atoms with Gasteiger partial charge in [-0.2, -0.15) is 0 Å². The average Bonchev–Trinajstić information content (AvgIpc) is 2.89. The molecule has 2 rings (SSSR count). The van der Waals surface area contributed by atoms with Gasteiger partial charge in [-0.15, -0.1) is 0 Å². The van der Waals surface area contributed by atoms with Crippen molar-refractivity contribution in [3.8, 4) is 0 Å². The first kappa shape index (κ1) is 16.8. The van der Waals surface area contributed by atoms with Gasteiger partial charge in [0.1, 0.15) is 5.78 Å². The number of hydrogen-bond acceptors (Lipinski definition) is 1. The summed E-state index contributed by atoms with van der Waals surface area (Å²) in [6.45, 7) is 11.7. The normalized spacial score (nSPS) is 12.5. The van der Waals surface area contributed by atoms with Crippen LogP contribution in [0.5, 0.6) is 0 Å². The molecular formula is C20H29NO. The van der Waals surface area contributed by atoms with Crippen molar-refractivity contribution in [2.75, 3.05) is 0 Å². The molecule has 0 aliphatic rings. The topological polar surface area (TPSA) is 22.0 Å². The first-order valence-electron chi connectivity index (χ1n) is 8.44. The minimum atomic E-state index is -0.210. The molecule has 0 saturated heterocycles. The average molecular weight is 299 g/mol. The molecule has 22 heavy (non-hydrogen) atoms. The van der Waals surface area contributed by atoms with Crippen LogP contribution in [0.2, 0.25) is 0 Å². The molecule has 2 nitrogen and oxygen atoms in total. The maximum atomic E-state index is 12.7. The van der Waals surface area contributed by atoms with Crippen molar-refractivity contribution in [1.29, 1.82) is 0 Å². The molecule has 2 heteroatoms. The van der Waals surface area contributed by atoms with Gasteiger partial charge in [-0.3, -0.25) is 4.79 Å². The number of Topliss-reactive ketones (excluding diaryl/α,β-unsaturated/α-hetero) is 1. The Morgan fingerprint density at radius 3 is 2.36 bits per heavy atom. The second kappa shape index (κ2) is 6.68. The third-order valence-electron chi connectivity index (χ3n) is 5.48. The second-order valence-corrected chi connectivity index (χ2v) is 7.19. The standard InChI is InChI=1S/C20H29NO/c1-15(2)20(5,16(3)4)19(22)11-8-13-21-14-12-17-9-6-7-10-18(17)21/h6-7,9-10,12,14-16H,8,11,13H2,1-5H3. The molecule has 0 amide bonds. The summed E-state index contributed by atoms with van der Waals surface area (Å²) in [5, 5.41) is 1.27. The zero-order valence-corrected chi connectivity index (χ0v) is 14.6. The SMILES string of the molecule is CC(C)C(C)(C(=O)CCCn1ccc2ccccc21)C(C)C. The third-order valence-corrected chi connectivity index (χ3v) is 5.48. The number of ketones is 1. The molecule has 0 fully saturated rings. The molecule has 2 aromatic rings. The van der Waals surface area contributed by atoms with E-state index in [-0.39, 0.29) is 5.41 Å². The van der Waals surface area contributed by atoms with E-state index in [0.29, 0.717) is 24.0 Å². The van der Waals surface area contributed by atoms with E-state index < -0.39 is 0 Å². The van der Waals surface area contributed by atoms with Gasteiger partial charge in [-0.1, -0.05) is 52.8 Å². The van der Waals surface area contributed by atoms with Crippen molar-refractivity contribution in [2.24, 2.45) is 17.3 Å². The molecule has 120 valence electrons. The van der Waals surface area contributed by atoms with Gasteiger partial charge in [0.15, 0.2) is 0 Å². The van der Waals surface area contributed by atoms with E-state index in [1.165, 1.54) is 10.9 Å². The molecule has 1 heterocycles. The van der Waals surface area contributed by atoms with E-state index in [9.17, 15) is 4.79 Å². The van der Waals surface area contributed by atoms with Crippen LogP contribution in [0, 0.1) is 17.3 Å². The van der Waals surface area contributed by atoms with E-state index in [2.05, 4.69) is 75.7 Å². The number of rotatable bonds is 7. The van der Waals surface area contributed by atoms with Crippen molar-refractivity contribution in [3.63, 3.8) is 0 Å². The Kier molecular flexibility index (Phi) is 5.10. The minimum absolute atomic E-state index is 0.210. The van der Waals surface area contributed by atoms with Gasteiger partial charge in [0.05, 0.1) is 0 Å². The Bertz CT molecular complexity index is 628. The fourth-order valence-corrected chi connectivity index (χ4v) is 3.33. The Hall–Kier alpha value is -1.57. The molecule has 1 aromatic carbocycles. The number of nitrogens with zero attached hydrogens (tertiary/aromatic N) is 1. The Morgan fingerprint density at radius 2 is 1.73 bits per heavy atom. The number of carbonyl (C=O) groups is 1. The van der Waals surface area contributed by atoms with Crippen LogP contribution < -0.4 is 0 Å². The van der Waals surface area contributed by atoms with Crippen LogP contribution in [-0.4, -0.2) is 10.4 Å². The molecule has 0 radical (unpaired) electrons. The summed E-state index contributed by atoms with van der Waals surface area (Å²) in [5.74, 6) is 1.17. The number of para-hydroxylation sites is 1. The molecular weight excluding hydrogens is 270 g/mol. The van der Waals surface area contributed by atoms with Crippen LogP contribution in [0.1, 0.15) is 47.5 Å². The lowest BCUT2D eigenvalue weighted by Crippen LogP contribution is -2.38. The van der Waals surface area contributed by atoms with E-state index in [4.69, 9.17) is 0 Å². The summed E-state index contributed by atoms with van der Waals surface area (Å²) in [4.78, 5) is 12.7. The number of hydrogen-bond donors (Lipinski definition) is 0. The summed E-state index contributed by atoms with van der Waals surface area (Å²) < 4.78 is 2.25. The first-order chi connectivity index (χ1) is 10.4. The Balaban J connectivity index is 2.00. The molecule has 0 aliphatic heterocycles. The van der Waals surface area contributed by atoms with Crippen molar-refractivity contribution >= 4 is 16.7 Å². The highest BCUT2D eigenvalue weighted by Crippen LogP contribution is 2.37. The number of aromatic nitrogens is 1. The quantitative estimate of drug-likeness (QED) is 0.679. The van der Waals surface area contributed by atoms with Crippen LogP contribution >= 0.6 is 0 Å².